The Balaban J connectivity index is 2.77. The minimum absolute atomic E-state index is 0.201. The van der Waals surface area contributed by atoms with Gasteiger partial charge < -0.3 is 20.6 Å². The van der Waals surface area contributed by atoms with Crippen LogP contribution in [0, 0.1) is 10.1 Å². The van der Waals surface area contributed by atoms with Gasteiger partial charge in [0.25, 0.3) is 0 Å². The van der Waals surface area contributed by atoms with E-state index < -0.39 is 10.5 Å². The molecule has 0 spiro atoms. The molecule has 0 radical (unpaired) electrons. The molecule has 1 aromatic heterocycles. The average Bonchev–Trinajstić information content (AvgIpc) is 2.18. The zero-order valence-electron chi connectivity index (χ0n) is 8.64. The second-order valence-electron chi connectivity index (χ2n) is 3.68. The third-order valence-corrected chi connectivity index (χ3v) is 1.79. The van der Waals surface area contributed by atoms with Crippen molar-refractivity contribution in [3.05, 3.63) is 28.4 Å². The second kappa shape index (κ2) is 4.22. The molecule has 0 aliphatic carbocycles. The van der Waals surface area contributed by atoms with E-state index in [1.54, 1.807) is 0 Å². The minimum Gasteiger partial charge on any atom is -0.483 e. The quantitative estimate of drug-likeness (QED) is 0.594. The van der Waals surface area contributed by atoms with Crippen molar-refractivity contribution >= 4 is 5.82 Å². The maximum absolute atomic E-state index is 10.3. The molecule has 0 saturated carbocycles. The lowest BCUT2D eigenvalue weighted by molar-refractivity contribution is -0.389. The lowest BCUT2D eigenvalue weighted by Crippen LogP contribution is -2.37. The van der Waals surface area contributed by atoms with Crippen LogP contribution in [-0.2, 0) is 0 Å². The molecule has 82 valence electrons. The van der Waals surface area contributed by atoms with Gasteiger partial charge >= 0.3 is 5.82 Å². The van der Waals surface area contributed by atoms with Crippen molar-refractivity contribution in [2.24, 2.45) is 5.73 Å². The van der Waals surface area contributed by atoms with Crippen LogP contribution in [0.5, 0.6) is 5.75 Å². The normalized spacial score (nSPS) is 11.1. The first-order chi connectivity index (χ1) is 6.94. The first kappa shape index (κ1) is 11.4. The van der Waals surface area contributed by atoms with Gasteiger partial charge in [-0.25, -0.2) is 0 Å². The Morgan fingerprint density at radius 3 is 2.67 bits per heavy atom. The molecule has 1 rings (SSSR count). The summed E-state index contributed by atoms with van der Waals surface area (Å²) in [5.74, 6) is 0.268. The molecule has 6 heteroatoms. The lowest BCUT2D eigenvalue weighted by atomic mass is 10.1. The summed E-state index contributed by atoms with van der Waals surface area (Å²) < 4.78 is 5.48. The summed E-state index contributed by atoms with van der Waals surface area (Å²) >= 11 is 0. The molecule has 0 amide bonds. The molecule has 1 heterocycles. The van der Waals surface area contributed by atoms with Crippen molar-refractivity contribution in [1.29, 1.82) is 0 Å². The summed E-state index contributed by atoms with van der Waals surface area (Å²) in [6, 6.07) is 2.80. The highest BCUT2D eigenvalue weighted by Gasteiger charge is 2.18. The highest BCUT2D eigenvalue weighted by molar-refractivity contribution is 5.27. The SMILES string of the molecule is CC(C)(CN)Oc1ccc([N+](=O)[O-])nc1. The van der Waals surface area contributed by atoms with Crippen molar-refractivity contribution in [2.75, 3.05) is 6.54 Å². The van der Waals surface area contributed by atoms with Gasteiger partial charge in [-0.05, 0) is 29.8 Å². The van der Waals surface area contributed by atoms with Gasteiger partial charge in [0.15, 0.2) is 11.9 Å². The van der Waals surface area contributed by atoms with E-state index in [-0.39, 0.29) is 5.82 Å². The molecular formula is C9H13N3O3. The summed E-state index contributed by atoms with van der Waals surface area (Å²) in [5, 5.41) is 10.3. The Kier molecular flexibility index (Phi) is 3.21. The van der Waals surface area contributed by atoms with Crippen LogP contribution in [0.4, 0.5) is 5.82 Å². The molecule has 15 heavy (non-hydrogen) atoms. The van der Waals surface area contributed by atoms with Crippen LogP contribution in [0.2, 0.25) is 0 Å². The van der Waals surface area contributed by atoms with Crippen LogP contribution in [0.1, 0.15) is 13.8 Å². The standard InChI is InChI=1S/C9H13N3O3/c1-9(2,6-10)15-7-3-4-8(11-5-7)12(13)14/h3-5H,6,10H2,1-2H3. The van der Waals surface area contributed by atoms with Crippen molar-refractivity contribution in [3.63, 3.8) is 0 Å². The van der Waals surface area contributed by atoms with Crippen molar-refractivity contribution in [1.82, 2.24) is 4.98 Å². The van der Waals surface area contributed by atoms with E-state index in [2.05, 4.69) is 4.98 Å². The second-order valence-corrected chi connectivity index (χ2v) is 3.68. The van der Waals surface area contributed by atoms with E-state index >= 15 is 0 Å². The smallest absolute Gasteiger partial charge is 0.363 e. The average molecular weight is 211 g/mol. The molecule has 0 unspecified atom stereocenters. The first-order valence-electron chi connectivity index (χ1n) is 4.44. The number of ether oxygens (including phenoxy) is 1. The van der Waals surface area contributed by atoms with Gasteiger partial charge in [0.2, 0.25) is 0 Å². The Bertz CT molecular complexity index is 348. The summed E-state index contributed by atoms with van der Waals surface area (Å²) in [6.07, 6.45) is 1.32. The Hall–Kier alpha value is -1.69. The van der Waals surface area contributed by atoms with E-state index in [0.29, 0.717) is 12.3 Å². The van der Waals surface area contributed by atoms with Gasteiger partial charge in [-0.15, -0.1) is 0 Å². The molecule has 0 aromatic carbocycles. The number of pyridine rings is 1. The van der Waals surface area contributed by atoms with E-state index in [9.17, 15) is 10.1 Å². The maximum Gasteiger partial charge on any atom is 0.363 e. The predicted molar refractivity (Wildman–Crippen MR) is 54.7 cm³/mol. The lowest BCUT2D eigenvalue weighted by Gasteiger charge is -2.23. The monoisotopic (exact) mass is 211 g/mol. The van der Waals surface area contributed by atoms with Gasteiger partial charge in [0.05, 0.1) is 0 Å². The van der Waals surface area contributed by atoms with Gasteiger partial charge in [0.1, 0.15) is 5.60 Å². The largest absolute Gasteiger partial charge is 0.483 e. The molecule has 2 N–H and O–H groups in total. The molecular weight excluding hydrogens is 198 g/mol. The molecule has 0 aliphatic heterocycles. The maximum atomic E-state index is 10.3. The summed E-state index contributed by atoms with van der Waals surface area (Å²) in [7, 11) is 0. The first-order valence-corrected chi connectivity index (χ1v) is 4.44. The van der Waals surface area contributed by atoms with E-state index in [1.807, 2.05) is 13.8 Å². The number of nitro groups is 1. The van der Waals surface area contributed by atoms with Crippen LogP contribution in [-0.4, -0.2) is 22.1 Å². The van der Waals surface area contributed by atoms with Gasteiger partial charge in [-0.1, -0.05) is 0 Å². The molecule has 0 bridgehead atoms. The molecule has 0 fully saturated rings. The highest BCUT2D eigenvalue weighted by atomic mass is 16.6. The van der Waals surface area contributed by atoms with E-state index in [0.717, 1.165) is 0 Å². The van der Waals surface area contributed by atoms with Crippen LogP contribution in [0.15, 0.2) is 18.3 Å². The van der Waals surface area contributed by atoms with Gasteiger partial charge in [-0.3, -0.25) is 0 Å². The number of hydrogen-bond donors (Lipinski definition) is 1. The van der Waals surface area contributed by atoms with Crippen LogP contribution >= 0.6 is 0 Å². The zero-order valence-corrected chi connectivity index (χ0v) is 8.64. The Morgan fingerprint density at radius 1 is 1.60 bits per heavy atom. The third kappa shape index (κ3) is 3.17. The van der Waals surface area contributed by atoms with Crippen LogP contribution in [0.3, 0.4) is 0 Å². The zero-order chi connectivity index (χ0) is 11.5. The Morgan fingerprint density at radius 2 is 2.27 bits per heavy atom. The minimum atomic E-state index is -0.558. The van der Waals surface area contributed by atoms with Gasteiger partial charge in [-0.2, -0.15) is 0 Å². The number of rotatable bonds is 4. The van der Waals surface area contributed by atoms with Crippen LogP contribution < -0.4 is 10.5 Å². The summed E-state index contributed by atoms with van der Waals surface area (Å²) in [5.41, 5.74) is 4.98. The molecule has 1 aromatic rings. The Labute approximate surface area is 87.2 Å². The van der Waals surface area contributed by atoms with Crippen molar-refractivity contribution in [3.8, 4) is 5.75 Å². The molecule has 0 aliphatic rings. The number of nitrogens with two attached hydrogens (primary N) is 1. The van der Waals surface area contributed by atoms with Crippen LogP contribution in [0.25, 0.3) is 0 Å². The number of nitrogens with zero attached hydrogens (tertiary/aromatic N) is 2. The van der Waals surface area contributed by atoms with E-state index in [4.69, 9.17) is 10.5 Å². The fourth-order valence-corrected chi connectivity index (χ4v) is 0.902. The van der Waals surface area contributed by atoms with Crippen molar-refractivity contribution in [2.45, 2.75) is 19.4 Å². The number of aromatic nitrogens is 1. The van der Waals surface area contributed by atoms with Crippen molar-refractivity contribution < 1.29 is 9.66 Å². The fourth-order valence-electron chi connectivity index (χ4n) is 0.902. The molecule has 0 saturated heterocycles. The molecule has 0 atom stereocenters. The predicted octanol–water partition coefficient (Wildman–Crippen LogP) is 1.11. The molecule has 6 nitrogen and oxygen atoms in total. The topological polar surface area (TPSA) is 91.3 Å². The third-order valence-electron chi connectivity index (χ3n) is 1.79. The van der Waals surface area contributed by atoms with Gasteiger partial charge in [0, 0.05) is 12.6 Å². The summed E-state index contributed by atoms with van der Waals surface area (Å²) in [6.45, 7) is 4.01. The number of hydrogen-bond acceptors (Lipinski definition) is 5. The fraction of sp³-hybridized carbons (Fsp3) is 0.444. The van der Waals surface area contributed by atoms with E-state index in [1.165, 1.54) is 18.3 Å². The highest BCUT2D eigenvalue weighted by Crippen LogP contribution is 2.18. The summed E-state index contributed by atoms with van der Waals surface area (Å²) in [4.78, 5) is 13.4.